The van der Waals surface area contributed by atoms with Crippen LogP contribution >= 0.6 is 0 Å². The van der Waals surface area contributed by atoms with Crippen molar-refractivity contribution in [2.75, 3.05) is 18.6 Å². The Morgan fingerprint density at radius 2 is 1.67 bits per heavy atom. The van der Waals surface area contributed by atoms with E-state index in [1.54, 1.807) is 25.3 Å². The predicted octanol–water partition coefficient (Wildman–Crippen LogP) is 1.89. The minimum atomic E-state index is 0.555. The lowest BCUT2D eigenvalue weighted by atomic mass is 10.2. The number of anilines is 2. The summed E-state index contributed by atoms with van der Waals surface area (Å²) in [4.78, 5) is 0. The molecule has 0 unspecified atom stereocenters. The summed E-state index contributed by atoms with van der Waals surface area (Å²) in [5.74, 6) is 0.728. The molecule has 0 aliphatic heterocycles. The zero-order chi connectivity index (χ0) is 9.56. The molecule has 0 amide bonds. The molecule has 1 rings (SSSR count). The largest absolute Gasteiger partial charge is 0.497 e. The molecule has 0 aliphatic rings. The van der Waals surface area contributed by atoms with Crippen molar-refractivity contribution in [2.24, 2.45) is 0 Å². The lowest BCUT2D eigenvalue weighted by Gasteiger charge is -2.02. The zero-order valence-electron chi connectivity index (χ0n) is 7.79. The van der Waals surface area contributed by atoms with Gasteiger partial charge >= 0.3 is 0 Å². The summed E-state index contributed by atoms with van der Waals surface area (Å²) < 4.78 is 4.91. The summed E-state index contributed by atoms with van der Waals surface area (Å²) in [5.41, 5.74) is 12.1. The van der Waals surface area contributed by atoms with E-state index in [1.807, 2.05) is 13.8 Å². The maximum atomic E-state index is 5.49. The first-order chi connectivity index (χ1) is 5.74. The van der Waals surface area contributed by atoms with Crippen LogP contribution in [0.5, 0.6) is 5.75 Å². The first kappa shape index (κ1) is 10.6. The van der Waals surface area contributed by atoms with Crippen LogP contribution < -0.4 is 16.2 Å². The van der Waals surface area contributed by atoms with Crippen molar-refractivity contribution in [2.45, 2.75) is 13.8 Å². The van der Waals surface area contributed by atoms with Crippen molar-refractivity contribution in [3.63, 3.8) is 0 Å². The van der Waals surface area contributed by atoms with Gasteiger partial charge in [0.15, 0.2) is 0 Å². The number of nitrogens with two attached hydrogens (primary N) is 2. The number of methoxy groups -OCH3 is 1. The molecule has 0 saturated carbocycles. The smallest absolute Gasteiger partial charge is 0.121 e. The summed E-state index contributed by atoms with van der Waals surface area (Å²) in [7, 11) is 1.59. The summed E-state index contributed by atoms with van der Waals surface area (Å²) in [6, 6.07) is 5.18. The van der Waals surface area contributed by atoms with Crippen LogP contribution in [-0.4, -0.2) is 7.11 Å². The third-order valence-electron chi connectivity index (χ3n) is 1.29. The van der Waals surface area contributed by atoms with E-state index in [0.717, 1.165) is 5.75 Å². The molecule has 0 bridgehead atoms. The minimum Gasteiger partial charge on any atom is -0.497 e. The van der Waals surface area contributed by atoms with E-state index < -0.39 is 0 Å². The second-order valence-electron chi connectivity index (χ2n) is 1.99. The lowest BCUT2D eigenvalue weighted by molar-refractivity contribution is 0.415. The summed E-state index contributed by atoms with van der Waals surface area (Å²) in [6.07, 6.45) is 0. The summed E-state index contributed by atoms with van der Waals surface area (Å²) >= 11 is 0. The zero-order valence-corrected chi connectivity index (χ0v) is 7.79. The SMILES string of the molecule is CC.COc1ccc(N)c(N)c1. The third kappa shape index (κ3) is 2.70. The maximum absolute atomic E-state index is 5.49. The van der Waals surface area contributed by atoms with Gasteiger partial charge in [-0.1, -0.05) is 13.8 Å². The number of rotatable bonds is 1. The molecule has 3 heteroatoms. The molecule has 0 saturated heterocycles. The van der Waals surface area contributed by atoms with E-state index >= 15 is 0 Å². The molecule has 0 atom stereocenters. The molecule has 0 fully saturated rings. The molecule has 0 aliphatic carbocycles. The van der Waals surface area contributed by atoms with Crippen molar-refractivity contribution >= 4 is 11.4 Å². The Labute approximate surface area is 73.3 Å². The Balaban J connectivity index is 0.000000561. The molecular weight excluding hydrogens is 152 g/mol. The normalized spacial score (nSPS) is 8.25. The highest BCUT2D eigenvalue weighted by atomic mass is 16.5. The van der Waals surface area contributed by atoms with Gasteiger partial charge in [-0.3, -0.25) is 0 Å². The topological polar surface area (TPSA) is 61.3 Å². The summed E-state index contributed by atoms with van der Waals surface area (Å²) in [5, 5.41) is 0. The van der Waals surface area contributed by atoms with Gasteiger partial charge in [-0.15, -0.1) is 0 Å². The fourth-order valence-electron chi connectivity index (χ4n) is 0.680. The van der Waals surface area contributed by atoms with Gasteiger partial charge in [0.1, 0.15) is 5.75 Å². The lowest BCUT2D eigenvalue weighted by Crippen LogP contribution is -1.94. The molecule has 0 heterocycles. The predicted molar refractivity (Wildman–Crippen MR) is 53.2 cm³/mol. The van der Waals surface area contributed by atoms with Crippen LogP contribution in [0.4, 0.5) is 11.4 Å². The van der Waals surface area contributed by atoms with Crippen molar-refractivity contribution in [3.8, 4) is 5.75 Å². The van der Waals surface area contributed by atoms with Crippen molar-refractivity contribution in [1.82, 2.24) is 0 Å². The minimum absolute atomic E-state index is 0.555. The Kier molecular flexibility index (Phi) is 4.69. The Hall–Kier alpha value is -1.38. The van der Waals surface area contributed by atoms with Gasteiger partial charge < -0.3 is 16.2 Å². The van der Waals surface area contributed by atoms with Crippen molar-refractivity contribution in [1.29, 1.82) is 0 Å². The van der Waals surface area contributed by atoms with Gasteiger partial charge in [-0.25, -0.2) is 0 Å². The monoisotopic (exact) mass is 168 g/mol. The number of nitrogen functional groups attached to an aromatic ring is 2. The van der Waals surface area contributed by atoms with Crippen molar-refractivity contribution in [3.05, 3.63) is 18.2 Å². The highest BCUT2D eigenvalue weighted by Gasteiger charge is 1.94. The van der Waals surface area contributed by atoms with Gasteiger partial charge in [-0.05, 0) is 12.1 Å². The third-order valence-corrected chi connectivity index (χ3v) is 1.29. The number of hydrogen-bond acceptors (Lipinski definition) is 3. The fraction of sp³-hybridized carbons (Fsp3) is 0.333. The van der Waals surface area contributed by atoms with E-state index in [0.29, 0.717) is 11.4 Å². The van der Waals surface area contributed by atoms with Crippen LogP contribution in [-0.2, 0) is 0 Å². The van der Waals surface area contributed by atoms with Crippen LogP contribution in [0.25, 0.3) is 0 Å². The highest BCUT2D eigenvalue weighted by molar-refractivity contribution is 5.65. The second-order valence-corrected chi connectivity index (χ2v) is 1.99. The van der Waals surface area contributed by atoms with Crippen LogP contribution in [0.1, 0.15) is 13.8 Å². The quantitative estimate of drug-likeness (QED) is 0.629. The standard InChI is InChI=1S/C7H10N2O.C2H6/c1-10-5-2-3-6(8)7(9)4-5;1-2/h2-4H,8-9H2,1H3;1-2H3. The first-order valence-corrected chi connectivity index (χ1v) is 3.93. The van der Waals surface area contributed by atoms with Crippen molar-refractivity contribution < 1.29 is 4.74 Å². The summed E-state index contributed by atoms with van der Waals surface area (Å²) in [6.45, 7) is 4.00. The Bertz CT molecular complexity index is 236. The Morgan fingerprint density at radius 3 is 2.08 bits per heavy atom. The molecule has 1 aromatic carbocycles. The van der Waals surface area contributed by atoms with Gasteiger partial charge in [-0.2, -0.15) is 0 Å². The Morgan fingerprint density at radius 1 is 1.08 bits per heavy atom. The second kappa shape index (κ2) is 5.29. The average molecular weight is 168 g/mol. The van der Waals surface area contributed by atoms with E-state index in [2.05, 4.69) is 0 Å². The van der Waals surface area contributed by atoms with E-state index in [4.69, 9.17) is 16.2 Å². The van der Waals surface area contributed by atoms with Gasteiger partial charge in [0, 0.05) is 6.07 Å². The molecule has 4 N–H and O–H groups in total. The van der Waals surface area contributed by atoms with Crippen LogP contribution in [0.3, 0.4) is 0 Å². The maximum Gasteiger partial charge on any atom is 0.121 e. The molecule has 0 spiro atoms. The van der Waals surface area contributed by atoms with Gasteiger partial charge in [0.2, 0.25) is 0 Å². The van der Waals surface area contributed by atoms with Gasteiger partial charge in [0.05, 0.1) is 18.5 Å². The molecule has 12 heavy (non-hydrogen) atoms. The van der Waals surface area contributed by atoms with Gasteiger partial charge in [0.25, 0.3) is 0 Å². The van der Waals surface area contributed by atoms with E-state index in [1.165, 1.54) is 0 Å². The number of benzene rings is 1. The molecular formula is C9H16N2O. The number of ether oxygens (including phenoxy) is 1. The van der Waals surface area contributed by atoms with E-state index in [-0.39, 0.29) is 0 Å². The molecule has 68 valence electrons. The first-order valence-electron chi connectivity index (χ1n) is 3.93. The van der Waals surface area contributed by atoms with Crippen LogP contribution in [0, 0.1) is 0 Å². The molecule has 1 aromatic rings. The van der Waals surface area contributed by atoms with E-state index in [9.17, 15) is 0 Å². The average Bonchev–Trinajstić information content (AvgIpc) is 2.13. The van der Waals surface area contributed by atoms with Crippen LogP contribution in [0.2, 0.25) is 0 Å². The fourth-order valence-corrected chi connectivity index (χ4v) is 0.680. The van der Waals surface area contributed by atoms with Crippen LogP contribution in [0.15, 0.2) is 18.2 Å². The molecule has 0 aromatic heterocycles. The number of hydrogen-bond donors (Lipinski definition) is 2. The molecule has 0 radical (unpaired) electrons. The molecule has 3 nitrogen and oxygen atoms in total. The highest BCUT2D eigenvalue weighted by Crippen LogP contribution is 2.20.